The Labute approximate surface area is 210 Å². The Bertz CT molecular complexity index is 1020. The summed E-state index contributed by atoms with van der Waals surface area (Å²) in [4.78, 5) is 17.1. The van der Waals surface area contributed by atoms with Gasteiger partial charge in [-0.1, -0.05) is 32.6 Å². The van der Waals surface area contributed by atoms with Crippen molar-refractivity contribution in [1.29, 1.82) is 10.8 Å². The summed E-state index contributed by atoms with van der Waals surface area (Å²) in [6.07, 6.45) is 7.83. The minimum Gasteiger partial charge on any atom is -0.496 e. The average molecular weight is 480 g/mol. The van der Waals surface area contributed by atoms with Crippen molar-refractivity contribution in [2.24, 2.45) is 0 Å². The number of hydrogen-bond donors (Lipinski definition) is 3. The lowest BCUT2D eigenvalue weighted by molar-refractivity contribution is 0.0964. The van der Waals surface area contributed by atoms with Crippen LogP contribution in [-0.2, 0) is 13.0 Å². The zero-order valence-corrected chi connectivity index (χ0v) is 22.1. The van der Waals surface area contributed by atoms with E-state index in [-0.39, 0.29) is 5.91 Å². The molecule has 0 aliphatic carbocycles. The van der Waals surface area contributed by atoms with Gasteiger partial charge in [-0.3, -0.25) is 20.5 Å². The molecule has 7 heteroatoms. The molecule has 0 atom stereocenters. The maximum Gasteiger partial charge on any atom is 0.259 e. The Morgan fingerprint density at radius 3 is 2.51 bits per heavy atom. The first kappa shape index (κ1) is 28.1. The van der Waals surface area contributed by atoms with Crippen molar-refractivity contribution >= 4 is 17.6 Å². The molecule has 1 aromatic rings. The third-order valence-corrected chi connectivity index (χ3v) is 6.22. The predicted octanol–water partition coefficient (Wildman–Crippen LogP) is 5.28. The molecule has 1 amide bonds. The van der Waals surface area contributed by atoms with E-state index in [4.69, 9.17) is 15.6 Å². The second-order valence-corrected chi connectivity index (χ2v) is 8.87. The van der Waals surface area contributed by atoms with E-state index in [0.717, 1.165) is 43.5 Å². The van der Waals surface area contributed by atoms with Crippen molar-refractivity contribution in [3.05, 3.63) is 64.9 Å². The minimum absolute atomic E-state index is 0.259. The second-order valence-electron chi connectivity index (χ2n) is 8.87. The highest BCUT2D eigenvalue weighted by atomic mass is 16.5. The van der Waals surface area contributed by atoms with E-state index in [1.807, 2.05) is 32.9 Å². The molecule has 0 saturated carbocycles. The van der Waals surface area contributed by atoms with Crippen molar-refractivity contribution in [2.75, 3.05) is 20.2 Å². The van der Waals surface area contributed by atoms with Crippen LogP contribution in [0.2, 0.25) is 0 Å². The van der Waals surface area contributed by atoms with Gasteiger partial charge in [-0.25, -0.2) is 0 Å². The van der Waals surface area contributed by atoms with Gasteiger partial charge >= 0.3 is 0 Å². The molecule has 35 heavy (non-hydrogen) atoms. The van der Waals surface area contributed by atoms with Crippen LogP contribution >= 0.6 is 0 Å². The van der Waals surface area contributed by atoms with Gasteiger partial charge in [0.05, 0.1) is 12.7 Å². The van der Waals surface area contributed by atoms with Crippen LogP contribution in [0.25, 0.3) is 0 Å². The molecule has 2 heterocycles. The largest absolute Gasteiger partial charge is 0.496 e. The van der Waals surface area contributed by atoms with Crippen molar-refractivity contribution in [3.63, 3.8) is 0 Å². The SMILES string of the molecule is C=C(/C=C\C=C(/C)C(=N)N1CCCC1=N)NC(=O)c1cc2c(cc1OC)CCN(C(C)C)C2.CC. The first-order valence-electron chi connectivity index (χ1n) is 12.4. The van der Waals surface area contributed by atoms with Crippen LogP contribution in [0, 0.1) is 10.8 Å². The molecule has 190 valence electrons. The summed E-state index contributed by atoms with van der Waals surface area (Å²) < 4.78 is 5.51. The number of ether oxygens (including phenoxy) is 1. The number of likely N-dealkylation sites (tertiary alicyclic amines) is 1. The molecule has 0 unspecified atom stereocenters. The van der Waals surface area contributed by atoms with Crippen LogP contribution in [-0.4, -0.2) is 53.6 Å². The summed E-state index contributed by atoms with van der Waals surface area (Å²) in [6, 6.07) is 4.37. The predicted molar refractivity (Wildman–Crippen MR) is 144 cm³/mol. The minimum atomic E-state index is -0.259. The number of nitrogens with one attached hydrogen (secondary N) is 3. The highest BCUT2D eigenvalue weighted by Gasteiger charge is 2.23. The van der Waals surface area contributed by atoms with Gasteiger partial charge in [0.25, 0.3) is 5.91 Å². The lowest BCUT2D eigenvalue weighted by Gasteiger charge is -2.32. The summed E-state index contributed by atoms with van der Waals surface area (Å²) in [7, 11) is 1.58. The summed E-state index contributed by atoms with van der Waals surface area (Å²) in [5, 5.41) is 19.0. The van der Waals surface area contributed by atoms with Gasteiger partial charge in [0.1, 0.15) is 17.4 Å². The molecule has 0 spiro atoms. The van der Waals surface area contributed by atoms with E-state index in [0.29, 0.717) is 41.3 Å². The Morgan fingerprint density at radius 1 is 1.20 bits per heavy atom. The van der Waals surface area contributed by atoms with E-state index < -0.39 is 0 Å². The number of carbonyl (C=O) groups is 1. The van der Waals surface area contributed by atoms with Gasteiger partial charge < -0.3 is 15.0 Å². The number of hydrogen-bond acceptors (Lipinski definition) is 5. The van der Waals surface area contributed by atoms with Crippen molar-refractivity contribution in [2.45, 2.75) is 66.5 Å². The Kier molecular flexibility index (Phi) is 10.5. The smallest absolute Gasteiger partial charge is 0.259 e. The van der Waals surface area contributed by atoms with Crippen LogP contribution in [0.4, 0.5) is 0 Å². The number of amidine groups is 2. The Hall–Kier alpha value is -3.19. The summed E-state index contributed by atoms with van der Waals surface area (Å²) in [5.74, 6) is 1.14. The molecule has 1 aromatic carbocycles. The van der Waals surface area contributed by atoms with Gasteiger partial charge in [-0.15, -0.1) is 0 Å². The number of nitrogens with zero attached hydrogens (tertiary/aromatic N) is 2. The molecule has 0 bridgehead atoms. The molecule has 0 aromatic heterocycles. The second kappa shape index (κ2) is 13.0. The fourth-order valence-electron chi connectivity index (χ4n) is 4.17. The molecule has 2 aliphatic heterocycles. The van der Waals surface area contributed by atoms with Gasteiger partial charge in [-0.2, -0.15) is 0 Å². The quantitative estimate of drug-likeness (QED) is 0.282. The van der Waals surface area contributed by atoms with Crippen LogP contribution in [0.1, 0.15) is 68.9 Å². The molecule has 1 fully saturated rings. The molecule has 3 N–H and O–H groups in total. The standard InChI is InChI=1S/C26H35N5O2.C2H6/c1-17(2)30-13-11-20-15-23(33-5)22(14-21(20)16-30)26(32)29-19(4)9-6-8-18(3)25(28)31-12-7-10-24(31)27;1-2/h6,8-9,14-15,17,27-28H,4,7,10-13,16H2,1-3,5H3,(H,29,32);1-2H3/b9-6-,18-8+,27-24?,28-25?;. The summed E-state index contributed by atoms with van der Waals surface area (Å²) in [5.41, 5.74) is 4.09. The average Bonchev–Trinajstić information content (AvgIpc) is 3.28. The first-order valence-corrected chi connectivity index (χ1v) is 12.4. The van der Waals surface area contributed by atoms with Crippen molar-refractivity contribution < 1.29 is 9.53 Å². The van der Waals surface area contributed by atoms with E-state index in [9.17, 15) is 4.79 Å². The normalized spacial score (nSPS) is 16.1. The van der Waals surface area contributed by atoms with Crippen LogP contribution < -0.4 is 10.1 Å². The number of rotatable bonds is 7. The van der Waals surface area contributed by atoms with E-state index in [1.165, 1.54) is 5.56 Å². The Morgan fingerprint density at radius 2 is 1.91 bits per heavy atom. The van der Waals surface area contributed by atoms with Crippen LogP contribution in [0.3, 0.4) is 0 Å². The van der Waals surface area contributed by atoms with Crippen molar-refractivity contribution in [3.8, 4) is 5.75 Å². The number of amides is 1. The molecule has 2 aliphatic rings. The lowest BCUT2D eigenvalue weighted by Crippen LogP contribution is -2.36. The lowest BCUT2D eigenvalue weighted by atomic mass is 9.95. The molecule has 0 radical (unpaired) electrons. The van der Waals surface area contributed by atoms with Gasteiger partial charge in [0, 0.05) is 37.8 Å². The number of fused-ring (bicyclic) bond motifs is 1. The number of methoxy groups -OCH3 is 1. The van der Waals surface area contributed by atoms with E-state index in [1.54, 1.807) is 30.2 Å². The summed E-state index contributed by atoms with van der Waals surface area (Å²) >= 11 is 0. The monoisotopic (exact) mass is 479 g/mol. The molecule has 1 saturated heterocycles. The highest BCUT2D eigenvalue weighted by Crippen LogP contribution is 2.29. The molecular weight excluding hydrogens is 438 g/mol. The maximum atomic E-state index is 13.0. The van der Waals surface area contributed by atoms with Gasteiger partial charge in [-0.05, 0) is 68.5 Å². The molecule has 7 nitrogen and oxygen atoms in total. The van der Waals surface area contributed by atoms with Crippen molar-refractivity contribution in [1.82, 2.24) is 15.1 Å². The number of benzene rings is 1. The molecule has 3 rings (SSSR count). The topological polar surface area (TPSA) is 92.5 Å². The van der Waals surface area contributed by atoms with Crippen LogP contribution in [0.15, 0.2) is 48.2 Å². The van der Waals surface area contributed by atoms with Gasteiger partial charge in [0.15, 0.2) is 0 Å². The Balaban J connectivity index is 0.00000210. The van der Waals surface area contributed by atoms with E-state index >= 15 is 0 Å². The van der Waals surface area contributed by atoms with Gasteiger partial charge in [0.2, 0.25) is 0 Å². The van der Waals surface area contributed by atoms with E-state index in [2.05, 4.69) is 30.6 Å². The first-order chi connectivity index (χ1) is 16.7. The zero-order valence-electron chi connectivity index (χ0n) is 22.1. The van der Waals surface area contributed by atoms with Crippen LogP contribution in [0.5, 0.6) is 5.75 Å². The molecular formula is C28H41N5O2. The fourth-order valence-corrected chi connectivity index (χ4v) is 4.17. The summed E-state index contributed by atoms with van der Waals surface area (Å²) in [6.45, 7) is 16.7. The fraction of sp³-hybridized carbons (Fsp3) is 0.464. The number of allylic oxidation sites excluding steroid dienone is 3. The number of carbonyl (C=O) groups excluding carboxylic acids is 1. The third kappa shape index (κ3) is 7.15. The zero-order chi connectivity index (χ0) is 26.1. The maximum absolute atomic E-state index is 13.0. The highest BCUT2D eigenvalue weighted by molar-refractivity contribution is 6.07. The third-order valence-electron chi connectivity index (χ3n) is 6.22.